The fourth-order valence-electron chi connectivity index (χ4n) is 3.02. The van der Waals surface area contributed by atoms with E-state index < -0.39 is 0 Å². The molecule has 3 N–H and O–H groups in total. The number of anilines is 1. The third-order valence-electron chi connectivity index (χ3n) is 4.43. The van der Waals surface area contributed by atoms with Crippen molar-refractivity contribution in [3.8, 4) is 0 Å². The molecule has 24 heavy (non-hydrogen) atoms. The molecule has 0 heterocycles. The zero-order valence-electron chi connectivity index (χ0n) is 14.0. The predicted octanol–water partition coefficient (Wildman–Crippen LogP) is 4.26. The second kappa shape index (κ2) is 6.75. The van der Waals surface area contributed by atoms with Gasteiger partial charge in [0.2, 0.25) is 0 Å². The minimum absolute atomic E-state index is 0.0770. The second-order valence-corrected chi connectivity index (χ2v) is 6.25. The zero-order valence-corrected chi connectivity index (χ0v) is 14.0. The molecule has 1 unspecified atom stereocenters. The van der Waals surface area contributed by atoms with Crippen molar-refractivity contribution >= 4 is 22.4 Å². The average molecular weight is 318 g/mol. The van der Waals surface area contributed by atoms with Gasteiger partial charge in [-0.2, -0.15) is 0 Å². The highest BCUT2D eigenvalue weighted by Crippen LogP contribution is 2.25. The van der Waals surface area contributed by atoms with Crippen LogP contribution in [0, 0.1) is 6.92 Å². The maximum Gasteiger partial charge on any atom is 0.251 e. The van der Waals surface area contributed by atoms with Gasteiger partial charge in [-0.25, -0.2) is 0 Å². The van der Waals surface area contributed by atoms with Crippen molar-refractivity contribution in [3.63, 3.8) is 0 Å². The van der Waals surface area contributed by atoms with Crippen LogP contribution in [-0.2, 0) is 0 Å². The molecule has 0 aliphatic heterocycles. The maximum absolute atomic E-state index is 12.5. The molecule has 3 heteroatoms. The van der Waals surface area contributed by atoms with Gasteiger partial charge in [-0.1, -0.05) is 55.5 Å². The lowest BCUT2D eigenvalue weighted by Crippen LogP contribution is -2.28. The Balaban J connectivity index is 1.76. The summed E-state index contributed by atoms with van der Waals surface area (Å²) >= 11 is 0. The number of carbonyl (C=O) groups excluding carboxylic acids is 1. The molecule has 3 aromatic carbocycles. The molecule has 3 rings (SSSR count). The quantitative estimate of drug-likeness (QED) is 0.706. The number of nitrogen functional groups attached to an aromatic ring is 1. The van der Waals surface area contributed by atoms with E-state index >= 15 is 0 Å². The van der Waals surface area contributed by atoms with Crippen LogP contribution in [0.4, 0.5) is 5.69 Å². The number of rotatable bonds is 4. The van der Waals surface area contributed by atoms with Gasteiger partial charge in [0.15, 0.2) is 0 Å². The number of hydrogen-bond donors (Lipinski definition) is 2. The lowest BCUT2D eigenvalue weighted by atomic mass is 9.94. The molecule has 0 spiro atoms. The minimum Gasteiger partial charge on any atom is -0.399 e. The van der Waals surface area contributed by atoms with E-state index in [-0.39, 0.29) is 11.8 Å². The molecule has 3 aromatic rings. The highest BCUT2D eigenvalue weighted by atomic mass is 16.1. The molecule has 0 aromatic heterocycles. The van der Waals surface area contributed by atoms with Gasteiger partial charge in [0.05, 0.1) is 0 Å². The zero-order chi connectivity index (χ0) is 17.1. The van der Waals surface area contributed by atoms with Crippen molar-refractivity contribution in [1.82, 2.24) is 5.32 Å². The molecule has 0 radical (unpaired) electrons. The topological polar surface area (TPSA) is 55.1 Å². The van der Waals surface area contributed by atoms with E-state index in [2.05, 4.69) is 42.6 Å². The largest absolute Gasteiger partial charge is 0.399 e. The van der Waals surface area contributed by atoms with Crippen LogP contribution in [0.1, 0.15) is 34.3 Å². The summed E-state index contributed by atoms with van der Waals surface area (Å²) in [6, 6.07) is 20.1. The van der Waals surface area contributed by atoms with E-state index in [4.69, 9.17) is 5.73 Å². The van der Waals surface area contributed by atoms with Crippen LogP contribution in [0.2, 0.25) is 0 Å². The predicted molar refractivity (Wildman–Crippen MR) is 100 cm³/mol. The van der Waals surface area contributed by atoms with E-state index in [9.17, 15) is 4.79 Å². The van der Waals surface area contributed by atoms with Crippen LogP contribution in [0.5, 0.6) is 0 Å². The highest BCUT2D eigenvalue weighted by molar-refractivity contribution is 5.96. The Kier molecular flexibility index (Phi) is 4.52. The summed E-state index contributed by atoms with van der Waals surface area (Å²) in [7, 11) is 0. The molecule has 1 amide bonds. The fourth-order valence-corrected chi connectivity index (χ4v) is 3.02. The van der Waals surface area contributed by atoms with Crippen molar-refractivity contribution in [2.75, 3.05) is 12.3 Å². The lowest BCUT2D eigenvalue weighted by molar-refractivity contribution is 0.0951. The third kappa shape index (κ3) is 3.25. The van der Waals surface area contributed by atoms with E-state index in [1.165, 1.54) is 16.3 Å². The molecule has 0 aliphatic carbocycles. The standard InChI is InChI=1S/C21H22N2O/c1-14-10-11-17(22)12-20(14)21(24)23-13-15(2)18-9-5-7-16-6-3-4-8-19(16)18/h3-12,15H,13,22H2,1-2H3,(H,23,24). The molecule has 1 atom stereocenters. The highest BCUT2D eigenvalue weighted by Gasteiger charge is 2.13. The van der Waals surface area contributed by atoms with Gasteiger partial charge in [-0.15, -0.1) is 0 Å². The van der Waals surface area contributed by atoms with Gasteiger partial charge in [0.1, 0.15) is 0 Å². The summed E-state index contributed by atoms with van der Waals surface area (Å²) in [5.41, 5.74) is 9.22. The van der Waals surface area contributed by atoms with Crippen molar-refractivity contribution < 1.29 is 4.79 Å². The van der Waals surface area contributed by atoms with E-state index in [0.29, 0.717) is 17.8 Å². The molecule has 0 saturated carbocycles. The number of nitrogens with two attached hydrogens (primary N) is 1. The van der Waals surface area contributed by atoms with Gasteiger partial charge in [-0.05, 0) is 46.9 Å². The molecule has 0 saturated heterocycles. The van der Waals surface area contributed by atoms with E-state index in [1.807, 2.05) is 31.2 Å². The number of aryl methyl sites for hydroxylation is 1. The molecule has 122 valence electrons. The summed E-state index contributed by atoms with van der Waals surface area (Å²) < 4.78 is 0. The number of fused-ring (bicyclic) bond motifs is 1. The Morgan fingerprint density at radius 1 is 1.08 bits per heavy atom. The van der Waals surface area contributed by atoms with Gasteiger partial charge >= 0.3 is 0 Å². The Morgan fingerprint density at radius 3 is 2.67 bits per heavy atom. The maximum atomic E-state index is 12.5. The molecule has 3 nitrogen and oxygen atoms in total. The number of nitrogens with one attached hydrogen (secondary N) is 1. The van der Waals surface area contributed by atoms with Crippen LogP contribution < -0.4 is 11.1 Å². The summed E-state index contributed by atoms with van der Waals surface area (Å²) in [6.07, 6.45) is 0. The smallest absolute Gasteiger partial charge is 0.251 e. The van der Waals surface area contributed by atoms with Crippen LogP contribution in [0.15, 0.2) is 60.7 Å². The van der Waals surface area contributed by atoms with Crippen LogP contribution >= 0.6 is 0 Å². The minimum atomic E-state index is -0.0770. The number of amides is 1. The summed E-state index contributed by atoms with van der Waals surface area (Å²) in [4.78, 5) is 12.5. The van der Waals surface area contributed by atoms with Crippen LogP contribution in [0.3, 0.4) is 0 Å². The van der Waals surface area contributed by atoms with Crippen molar-refractivity contribution in [2.45, 2.75) is 19.8 Å². The number of hydrogen-bond acceptors (Lipinski definition) is 2. The lowest BCUT2D eigenvalue weighted by Gasteiger charge is -2.16. The third-order valence-corrected chi connectivity index (χ3v) is 4.43. The Bertz CT molecular complexity index is 881. The van der Waals surface area contributed by atoms with Crippen LogP contribution in [-0.4, -0.2) is 12.5 Å². The first-order chi connectivity index (χ1) is 11.6. The average Bonchev–Trinajstić information content (AvgIpc) is 2.61. The van der Waals surface area contributed by atoms with Crippen molar-refractivity contribution in [3.05, 3.63) is 77.4 Å². The van der Waals surface area contributed by atoms with E-state index in [1.54, 1.807) is 6.07 Å². The van der Waals surface area contributed by atoms with Gasteiger partial charge in [-0.3, -0.25) is 4.79 Å². The molecule has 0 aliphatic rings. The first kappa shape index (κ1) is 16.1. The summed E-state index contributed by atoms with van der Waals surface area (Å²) in [6.45, 7) is 4.64. The molecular weight excluding hydrogens is 296 g/mol. The van der Waals surface area contributed by atoms with E-state index in [0.717, 1.165) is 5.56 Å². The molecular formula is C21H22N2O. The Hall–Kier alpha value is -2.81. The summed E-state index contributed by atoms with van der Waals surface area (Å²) in [5.74, 6) is 0.147. The summed E-state index contributed by atoms with van der Waals surface area (Å²) in [5, 5.41) is 5.50. The normalized spacial score (nSPS) is 12.1. The first-order valence-corrected chi connectivity index (χ1v) is 8.18. The SMILES string of the molecule is Cc1ccc(N)cc1C(=O)NCC(C)c1cccc2ccccc12. The van der Waals surface area contributed by atoms with Gasteiger partial charge < -0.3 is 11.1 Å². The fraction of sp³-hybridized carbons (Fsp3) is 0.190. The number of benzene rings is 3. The number of carbonyl (C=O) groups is 1. The van der Waals surface area contributed by atoms with Gasteiger partial charge in [0.25, 0.3) is 5.91 Å². The van der Waals surface area contributed by atoms with Crippen LogP contribution in [0.25, 0.3) is 10.8 Å². The molecule has 0 fully saturated rings. The second-order valence-electron chi connectivity index (χ2n) is 6.25. The Morgan fingerprint density at radius 2 is 1.83 bits per heavy atom. The van der Waals surface area contributed by atoms with Crippen molar-refractivity contribution in [1.29, 1.82) is 0 Å². The Labute approximate surface area is 142 Å². The first-order valence-electron chi connectivity index (χ1n) is 8.18. The van der Waals surface area contributed by atoms with Crippen molar-refractivity contribution in [2.24, 2.45) is 0 Å². The monoisotopic (exact) mass is 318 g/mol. The van der Waals surface area contributed by atoms with Gasteiger partial charge in [0, 0.05) is 17.8 Å². The molecule has 0 bridgehead atoms.